The van der Waals surface area contributed by atoms with Crippen LogP contribution in [0.25, 0.3) is 11.1 Å². The van der Waals surface area contributed by atoms with Crippen molar-refractivity contribution in [3.8, 4) is 11.1 Å². The Morgan fingerprint density at radius 2 is 1.81 bits per heavy atom. The number of hydrogen-bond donors (Lipinski definition) is 1. The number of hydrogen-bond acceptors (Lipinski definition) is 5. The van der Waals surface area contributed by atoms with Crippen molar-refractivity contribution in [2.24, 2.45) is 0 Å². The van der Waals surface area contributed by atoms with Gasteiger partial charge in [-0.1, -0.05) is 12.1 Å². The van der Waals surface area contributed by atoms with Gasteiger partial charge in [0.15, 0.2) is 0 Å². The molecule has 1 fully saturated rings. The number of amides is 2. The maximum Gasteiger partial charge on any atom is 0.256 e. The van der Waals surface area contributed by atoms with Crippen LogP contribution >= 0.6 is 0 Å². The first-order valence-electron chi connectivity index (χ1n) is 10.9. The number of ether oxygens (including phenoxy) is 1. The van der Waals surface area contributed by atoms with E-state index in [9.17, 15) is 9.59 Å². The normalized spacial score (nSPS) is 22.2. The Morgan fingerprint density at radius 1 is 1.06 bits per heavy atom. The van der Waals surface area contributed by atoms with Gasteiger partial charge in [0.25, 0.3) is 5.91 Å². The molecule has 0 aliphatic carbocycles. The second kappa shape index (κ2) is 7.57. The zero-order chi connectivity index (χ0) is 21.7. The standard InChI is InChI=1S/C24H28N4O3/c1-15-13-27(24(30)23-5-4-10-31-23)22-12-18(7-9-21(22)28(15)16(2)29)17-6-8-20-19(11-17)25-14-26(20)3/h6-9,11-12,15,23,25H,4-5,10,13-14H2,1-3H3/t15-,23?/m0/s1. The molecule has 31 heavy (non-hydrogen) atoms. The van der Waals surface area contributed by atoms with Crippen LogP contribution in [0.4, 0.5) is 22.7 Å². The van der Waals surface area contributed by atoms with Crippen LogP contribution in [-0.2, 0) is 14.3 Å². The SMILES string of the molecule is CC(=O)N1c2ccc(-c3ccc4c(c3)NCN4C)cc2N(C(=O)C2CCCO2)C[C@@H]1C. The molecule has 0 saturated carbocycles. The lowest BCUT2D eigenvalue weighted by atomic mass is 9.99. The van der Waals surface area contributed by atoms with Crippen molar-refractivity contribution in [2.45, 2.75) is 38.8 Å². The van der Waals surface area contributed by atoms with Gasteiger partial charge >= 0.3 is 0 Å². The first-order chi connectivity index (χ1) is 14.9. The maximum atomic E-state index is 13.3. The van der Waals surface area contributed by atoms with Crippen LogP contribution in [0.5, 0.6) is 0 Å². The molecule has 2 aromatic rings. The van der Waals surface area contributed by atoms with Crippen LogP contribution in [0.3, 0.4) is 0 Å². The Hall–Kier alpha value is -3.06. The number of rotatable bonds is 2. The first-order valence-corrected chi connectivity index (χ1v) is 10.9. The average Bonchev–Trinajstić information content (AvgIpc) is 3.42. The zero-order valence-corrected chi connectivity index (χ0v) is 18.2. The molecular formula is C24H28N4O3. The van der Waals surface area contributed by atoms with Crippen molar-refractivity contribution in [1.29, 1.82) is 0 Å². The molecule has 2 atom stereocenters. The van der Waals surface area contributed by atoms with E-state index in [1.54, 1.807) is 11.8 Å². The van der Waals surface area contributed by atoms with E-state index in [2.05, 4.69) is 35.5 Å². The van der Waals surface area contributed by atoms with Gasteiger partial charge in [0.05, 0.1) is 35.5 Å². The van der Waals surface area contributed by atoms with Crippen molar-refractivity contribution in [3.05, 3.63) is 36.4 Å². The minimum absolute atomic E-state index is 0.0109. The third-order valence-corrected chi connectivity index (χ3v) is 6.47. The maximum absolute atomic E-state index is 13.3. The summed E-state index contributed by atoms with van der Waals surface area (Å²) in [6.07, 6.45) is 1.26. The number of nitrogens with one attached hydrogen (secondary N) is 1. The van der Waals surface area contributed by atoms with Gasteiger partial charge in [-0.05, 0) is 55.2 Å². The molecule has 0 spiro atoms. The molecule has 0 aromatic heterocycles. The number of nitrogens with zero attached hydrogens (tertiary/aromatic N) is 3. The minimum atomic E-state index is -0.396. The van der Waals surface area contributed by atoms with Gasteiger partial charge in [-0.15, -0.1) is 0 Å². The number of carbonyl (C=O) groups excluding carboxylic acids is 2. The summed E-state index contributed by atoms with van der Waals surface area (Å²) in [7, 11) is 2.06. The summed E-state index contributed by atoms with van der Waals surface area (Å²) in [4.78, 5) is 31.5. The Kier molecular flexibility index (Phi) is 4.85. The molecule has 3 aliphatic heterocycles. The Labute approximate surface area is 182 Å². The number of benzene rings is 2. The predicted octanol–water partition coefficient (Wildman–Crippen LogP) is 3.44. The Morgan fingerprint density at radius 3 is 2.52 bits per heavy atom. The fourth-order valence-electron chi connectivity index (χ4n) is 4.92. The monoisotopic (exact) mass is 420 g/mol. The highest BCUT2D eigenvalue weighted by atomic mass is 16.5. The van der Waals surface area contributed by atoms with E-state index in [-0.39, 0.29) is 17.9 Å². The highest BCUT2D eigenvalue weighted by Gasteiger charge is 2.37. The average molecular weight is 421 g/mol. The van der Waals surface area contributed by atoms with E-state index in [0.717, 1.165) is 47.7 Å². The summed E-state index contributed by atoms with van der Waals surface area (Å²) in [5, 5.41) is 3.41. The zero-order valence-electron chi connectivity index (χ0n) is 18.2. The summed E-state index contributed by atoms with van der Waals surface area (Å²) >= 11 is 0. The van der Waals surface area contributed by atoms with Crippen LogP contribution < -0.4 is 20.0 Å². The molecule has 0 bridgehead atoms. The van der Waals surface area contributed by atoms with Crippen LogP contribution in [0.15, 0.2) is 36.4 Å². The molecule has 162 valence electrons. The van der Waals surface area contributed by atoms with Gasteiger partial charge in [-0.3, -0.25) is 9.59 Å². The van der Waals surface area contributed by atoms with Crippen molar-refractivity contribution < 1.29 is 14.3 Å². The molecule has 7 heteroatoms. The van der Waals surface area contributed by atoms with E-state index in [1.165, 1.54) is 5.69 Å². The number of anilines is 4. The van der Waals surface area contributed by atoms with Crippen molar-refractivity contribution >= 4 is 34.6 Å². The fraction of sp³-hybridized carbons (Fsp3) is 0.417. The van der Waals surface area contributed by atoms with Crippen molar-refractivity contribution in [1.82, 2.24) is 0 Å². The molecule has 1 N–H and O–H groups in total. The second-order valence-electron chi connectivity index (χ2n) is 8.66. The summed E-state index contributed by atoms with van der Waals surface area (Å²) < 4.78 is 5.68. The van der Waals surface area contributed by atoms with Crippen LogP contribution in [-0.4, -0.2) is 50.8 Å². The van der Waals surface area contributed by atoms with Crippen LogP contribution in [0.2, 0.25) is 0 Å². The first kappa shape index (κ1) is 19.9. The topological polar surface area (TPSA) is 65.1 Å². The quantitative estimate of drug-likeness (QED) is 0.806. The van der Waals surface area contributed by atoms with Crippen LogP contribution in [0.1, 0.15) is 26.7 Å². The van der Waals surface area contributed by atoms with Gasteiger partial charge in [-0.25, -0.2) is 0 Å². The van der Waals surface area contributed by atoms with Gasteiger partial charge in [0.1, 0.15) is 6.10 Å². The fourth-order valence-corrected chi connectivity index (χ4v) is 4.92. The summed E-state index contributed by atoms with van der Waals surface area (Å²) in [5.74, 6) is -0.0290. The molecular weight excluding hydrogens is 392 g/mol. The molecule has 1 saturated heterocycles. The molecule has 2 amide bonds. The van der Waals surface area contributed by atoms with E-state index < -0.39 is 6.10 Å². The molecule has 0 radical (unpaired) electrons. The lowest BCUT2D eigenvalue weighted by Gasteiger charge is -2.41. The molecule has 3 aliphatic rings. The third kappa shape index (κ3) is 3.33. The number of carbonyl (C=O) groups is 2. The molecule has 7 nitrogen and oxygen atoms in total. The van der Waals surface area contributed by atoms with E-state index in [1.807, 2.05) is 30.0 Å². The number of fused-ring (bicyclic) bond motifs is 2. The smallest absolute Gasteiger partial charge is 0.256 e. The second-order valence-corrected chi connectivity index (χ2v) is 8.66. The summed E-state index contributed by atoms with van der Waals surface area (Å²) in [6, 6.07) is 12.3. The van der Waals surface area contributed by atoms with E-state index >= 15 is 0 Å². The molecule has 3 heterocycles. The molecule has 5 rings (SSSR count). The Balaban J connectivity index is 1.57. The minimum Gasteiger partial charge on any atom is -0.368 e. The lowest BCUT2D eigenvalue weighted by Crippen LogP contribution is -2.53. The molecule has 2 aromatic carbocycles. The summed E-state index contributed by atoms with van der Waals surface area (Å²) in [6.45, 7) is 5.44. The van der Waals surface area contributed by atoms with Gasteiger partial charge in [-0.2, -0.15) is 0 Å². The largest absolute Gasteiger partial charge is 0.368 e. The van der Waals surface area contributed by atoms with Crippen LogP contribution in [0, 0.1) is 0 Å². The lowest BCUT2D eigenvalue weighted by molar-refractivity contribution is -0.127. The van der Waals surface area contributed by atoms with Crippen molar-refractivity contribution in [2.75, 3.05) is 46.9 Å². The van der Waals surface area contributed by atoms with E-state index in [0.29, 0.717) is 13.2 Å². The summed E-state index contributed by atoms with van der Waals surface area (Å²) in [5.41, 5.74) is 5.91. The van der Waals surface area contributed by atoms with Gasteiger partial charge in [0.2, 0.25) is 5.91 Å². The van der Waals surface area contributed by atoms with Gasteiger partial charge in [0, 0.05) is 27.1 Å². The Bertz CT molecular complexity index is 1050. The molecule has 1 unspecified atom stereocenters. The van der Waals surface area contributed by atoms with Crippen molar-refractivity contribution in [3.63, 3.8) is 0 Å². The highest BCUT2D eigenvalue weighted by Crippen LogP contribution is 2.41. The third-order valence-electron chi connectivity index (χ3n) is 6.47. The predicted molar refractivity (Wildman–Crippen MR) is 123 cm³/mol. The van der Waals surface area contributed by atoms with Gasteiger partial charge < -0.3 is 24.8 Å². The van der Waals surface area contributed by atoms with E-state index in [4.69, 9.17) is 4.74 Å². The highest BCUT2D eigenvalue weighted by molar-refractivity contribution is 6.06.